The van der Waals surface area contributed by atoms with Crippen LogP contribution in [-0.4, -0.2) is 75.6 Å². The molecule has 0 aromatic rings. The minimum Gasteiger partial charge on any atom is -0.396 e. The molecule has 0 atom stereocenters. The number of aliphatic hydroxyl groups excluding tert-OH is 1. The van der Waals surface area contributed by atoms with E-state index in [0.717, 1.165) is 58.9 Å². The molecule has 5 heteroatoms. The lowest BCUT2D eigenvalue weighted by Crippen LogP contribution is -2.38. The van der Waals surface area contributed by atoms with Crippen molar-refractivity contribution in [1.82, 2.24) is 15.5 Å². The van der Waals surface area contributed by atoms with E-state index in [1.54, 1.807) is 0 Å². The summed E-state index contributed by atoms with van der Waals surface area (Å²) >= 11 is 0. The van der Waals surface area contributed by atoms with Crippen LogP contribution in [0.25, 0.3) is 0 Å². The predicted molar refractivity (Wildman–Crippen MR) is 69.3 cm³/mol. The molecule has 0 saturated carbocycles. The average molecular weight is 245 g/mol. The van der Waals surface area contributed by atoms with Crippen molar-refractivity contribution in [2.75, 3.05) is 65.6 Å². The van der Waals surface area contributed by atoms with Gasteiger partial charge in [-0.3, -0.25) is 4.90 Å². The Balaban J connectivity index is 1.75. The minimum absolute atomic E-state index is 0.278. The quantitative estimate of drug-likeness (QED) is 0.443. The van der Waals surface area contributed by atoms with Crippen molar-refractivity contribution in [3.8, 4) is 0 Å². The molecule has 0 bridgehead atoms. The molecule has 3 N–H and O–H groups in total. The van der Waals surface area contributed by atoms with Gasteiger partial charge in [0.1, 0.15) is 0 Å². The highest BCUT2D eigenvalue weighted by molar-refractivity contribution is 4.62. The second-order valence-corrected chi connectivity index (χ2v) is 4.38. The number of ether oxygens (including phenoxy) is 1. The minimum atomic E-state index is 0.278. The molecule has 1 aliphatic rings. The molecule has 0 amide bonds. The maximum Gasteiger partial charge on any atom is 0.0594 e. The standard InChI is InChI=1S/C12H27N3O2/c16-10-2-4-14-6-5-13-3-1-7-15-8-11-17-12-9-15/h13-14,16H,1-12H2. The van der Waals surface area contributed by atoms with Crippen LogP contribution < -0.4 is 10.6 Å². The highest BCUT2D eigenvalue weighted by Gasteiger charge is 2.08. The first-order valence-corrected chi connectivity index (χ1v) is 6.76. The van der Waals surface area contributed by atoms with Gasteiger partial charge in [0.15, 0.2) is 0 Å². The fraction of sp³-hybridized carbons (Fsp3) is 1.00. The van der Waals surface area contributed by atoms with Gasteiger partial charge in [-0.1, -0.05) is 0 Å². The van der Waals surface area contributed by atoms with Gasteiger partial charge in [0.2, 0.25) is 0 Å². The van der Waals surface area contributed by atoms with E-state index in [4.69, 9.17) is 9.84 Å². The summed E-state index contributed by atoms with van der Waals surface area (Å²) in [6, 6.07) is 0. The fourth-order valence-corrected chi connectivity index (χ4v) is 1.88. The lowest BCUT2D eigenvalue weighted by atomic mass is 10.3. The molecule has 0 spiro atoms. The third kappa shape index (κ3) is 8.51. The van der Waals surface area contributed by atoms with E-state index in [-0.39, 0.29) is 6.61 Å². The van der Waals surface area contributed by atoms with Crippen LogP contribution >= 0.6 is 0 Å². The number of hydrogen-bond acceptors (Lipinski definition) is 5. The van der Waals surface area contributed by atoms with E-state index in [0.29, 0.717) is 0 Å². The van der Waals surface area contributed by atoms with Crippen molar-refractivity contribution in [3.05, 3.63) is 0 Å². The van der Waals surface area contributed by atoms with Crippen LogP contribution in [0.15, 0.2) is 0 Å². The van der Waals surface area contributed by atoms with E-state index in [1.165, 1.54) is 13.0 Å². The molecule has 0 aliphatic carbocycles. The van der Waals surface area contributed by atoms with E-state index in [1.807, 2.05) is 0 Å². The third-order valence-electron chi connectivity index (χ3n) is 2.92. The molecule has 1 saturated heterocycles. The lowest BCUT2D eigenvalue weighted by Gasteiger charge is -2.26. The Bertz CT molecular complexity index is 164. The van der Waals surface area contributed by atoms with Gasteiger partial charge >= 0.3 is 0 Å². The number of rotatable bonds is 10. The van der Waals surface area contributed by atoms with Crippen molar-refractivity contribution in [2.45, 2.75) is 12.8 Å². The molecule has 0 unspecified atom stereocenters. The number of hydrogen-bond donors (Lipinski definition) is 3. The van der Waals surface area contributed by atoms with Crippen molar-refractivity contribution in [1.29, 1.82) is 0 Å². The van der Waals surface area contributed by atoms with Crippen molar-refractivity contribution < 1.29 is 9.84 Å². The average Bonchev–Trinajstić information content (AvgIpc) is 2.38. The van der Waals surface area contributed by atoms with Crippen LogP contribution in [0.3, 0.4) is 0 Å². The highest BCUT2D eigenvalue weighted by atomic mass is 16.5. The van der Waals surface area contributed by atoms with Crippen LogP contribution in [0.5, 0.6) is 0 Å². The summed E-state index contributed by atoms with van der Waals surface area (Å²) in [6.07, 6.45) is 2.05. The number of aliphatic hydroxyl groups is 1. The number of nitrogens with zero attached hydrogens (tertiary/aromatic N) is 1. The summed E-state index contributed by atoms with van der Waals surface area (Å²) in [5.41, 5.74) is 0. The molecule has 1 heterocycles. The Morgan fingerprint density at radius 1 is 0.941 bits per heavy atom. The summed E-state index contributed by atoms with van der Waals surface area (Å²) in [5.74, 6) is 0. The third-order valence-corrected chi connectivity index (χ3v) is 2.92. The first-order valence-electron chi connectivity index (χ1n) is 6.76. The SMILES string of the molecule is OCCCNCCNCCCN1CCOCC1. The van der Waals surface area contributed by atoms with Crippen molar-refractivity contribution in [2.24, 2.45) is 0 Å². The Hall–Kier alpha value is -0.200. The molecule has 5 nitrogen and oxygen atoms in total. The van der Waals surface area contributed by atoms with Gasteiger partial charge in [-0.25, -0.2) is 0 Å². The second-order valence-electron chi connectivity index (χ2n) is 4.38. The van der Waals surface area contributed by atoms with Crippen LogP contribution in [0.4, 0.5) is 0 Å². The summed E-state index contributed by atoms with van der Waals surface area (Å²) in [7, 11) is 0. The van der Waals surface area contributed by atoms with Gasteiger partial charge in [-0.15, -0.1) is 0 Å². The summed E-state index contributed by atoms with van der Waals surface area (Å²) < 4.78 is 5.31. The molecule has 1 aliphatic heterocycles. The maximum absolute atomic E-state index is 8.59. The van der Waals surface area contributed by atoms with Crippen molar-refractivity contribution in [3.63, 3.8) is 0 Å². The number of nitrogens with one attached hydrogen (secondary N) is 2. The van der Waals surface area contributed by atoms with Crippen LogP contribution in [0, 0.1) is 0 Å². The molecule has 17 heavy (non-hydrogen) atoms. The summed E-state index contributed by atoms with van der Waals surface area (Å²) in [5, 5.41) is 15.3. The highest BCUT2D eigenvalue weighted by Crippen LogP contribution is 1.96. The van der Waals surface area contributed by atoms with Crippen LogP contribution in [0.2, 0.25) is 0 Å². The largest absolute Gasteiger partial charge is 0.396 e. The normalized spacial score (nSPS) is 17.5. The maximum atomic E-state index is 8.59. The Morgan fingerprint density at radius 3 is 2.24 bits per heavy atom. The van der Waals surface area contributed by atoms with Gasteiger partial charge < -0.3 is 20.5 Å². The molecule has 0 aromatic heterocycles. The molecule has 102 valence electrons. The first kappa shape index (κ1) is 14.9. The van der Waals surface area contributed by atoms with E-state index in [2.05, 4.69) is 15.5 Å². The van der Waals surface area contributed by atoms with Gasteiger partial charge in [-0.05, 0) is 32.5 Å². The van der Waals surface area contributed by atoms with Gasteiger partial charge in [-0.2, -0.15) is 0 Å². The topological polar surface area (TPSA) is 56.8 Å². The smallest absolute Gasteiger partial charge is 0.0594 e. The van der Waals surface area contributed by atoms with Gasteiger partial charge in [0.05, 0.1) is 13.2 Å². The zero-order chi connectivity index (χ0) is 12.2. The fourth-order valence-electron chi connectivity index (χ4n) is 1.88. The molecule has 1 fully saturated rings. The second kappa shape index (κ2) is 10.9. The lowest BCUT2D eigenvalue weighted by molar-refractivity contribution is 0.0375. The predicted octanol–water partition coefficient (Wildman–Crippen LogP) is -0.730. The van der Waals surface area contributed by atoms with E-state index >= 15 is 0 Å². The molecule has 0 aromatic carbocycles. The van der Waals surface area contributed by atoms with Gasteiger partial charge in [0.25, 0.3) is 0 Å². The summed E-state index contributed by atoms with van der Waals surface area (Å²) in [4.78, 5) is 2.46. The molecule has 1 rings (SSSR count). The van der Waals surface area contributed by atoms with Crippen LogP contribution in [-0.2, 0) is 4.74 Å². The molecular weight excluding hydrogens is 218 g/mol. The van der Waals surface area contributed by atoms with Gasteiger partial charge in [0, 0.05) is 32.8 Å². The number of morpholine rings is 1. The Labute approximate surface area is 105 Å². The zero-order valence-corrected chi connectivity index (χ0v) is 10.8. The van der Waals surface area contributed by atoms with E-state index < -0.39 is 0 Å². The monoisotopic (exact) mass is 245 g/mol. The van der Waals surface area contributed by atoms with Crippen LogP contribution in [0.1, 0.15) is 12.8 Å². The zero-order valence-electron chi connectivity index (χ0n) is 10.8. The molecular formula is C12H27N3O2. The first-order chi connectivity index (χ1) is 8.43. The Morgan fingerprint density at radius 2 is 1.59 bits per heavy atom. The van der Waals surface area contributed by atoms with Crippen molar-refractivity contribution >= 4 is 0 Å². The van der Waals surface area contributed by atoms with E-state index in [9.17, 15) is 0 Å². The summed E-state index contributed by atoms with van der Waals surface area (Å²) in [6.45, 7) is 9.39. The molecule has 0 radical (unpaired) electrons. The Kier molecular flexibility index (Phi) is 9.55.